The summed E-state index contributed by atoms with van der Waals surface area (Å²) in [6.45, 7) is 3.59. The maximum absolute atomic E-state index is 15.8. The second kappa shape index (κ2) is 15.7. The van der Waals surface area contributed by atoms with E-state index in [1.54, 1.807) is 0 Å². The van der Waals surface area contributed by atoms with Crippen LogP contribution in [-0.2, 0) is 23.7 Å². The number of piperidine rings is 3. The summed E-state index contributed by atoms with van der Waals surface area (Å²) in [5, 5.41) is 14.6. The predicted octanol–water partition coefficient (Wildman–Crippen LogP) is 6.59. The van der Waals surface area contributed by atoms with Crippen molar-refractivity contribution in [1.29, 1.82) is 0 Å². The number of hydrogen-bond acceptors (Lipinski definition) is 11. The summed E-state index contributed by atoms with van der Waals surface area (Å²) in [4.78, 5) is 51.4. The number of carbonyl (C=O) groups is 2. The number of ether oxygens (including phenoxy) is 1. The highest BCUT2D eigenvalue weighted by Gasteiger charge is 2.51. The molecule has 2 aromatic carbocycles. The van der Waals surface area contributed by atoms with Gasteiger partial charge in [-0.1, -0.05) is 23.7 Å². The van der Waals surface area contributed by atoms with E-state index in [2.05, 4.69) is 48.9 Å². The van der Waals surface area contributed by atoms with Crippen LogP contribution >= 0.6 is 11.6 Å². The Kier molecular flexibility index (Phi) is 10.3. The van der Waals surface area contributed by atoms with Crippen LogP contribution in [0.4, 0.5) is 36.3 Å². The average Bonchev–Trinajstić information content (AvgIpc) is 4.06. The third kappa shape index (κ3) is 7.50. The van der Waals surface area contributed by atoms with Gasteiger partial charge in [-0.25, -0.2) is 18.2 Å². The van der Waals surface area contributed by atoms with Gasteiger partial charge >= 0.3 is 5.92 Å². The third-order valence-corrected chi connectivity index (χ3v) is 13.9. The summed E-state index contributed by atoms with van der Waals surface area (Å²) in [6, 6.07) is 7.92. The van der Waals surface area contributed by atoms with Gasteiger partial charge in [0.2, 0.25) is 23.5 Å². The molecule has 5 aliphatic rings. The quantitative estimate of drug-likeness (QED) is 0.145. The fourth-order valence-electron chi connectivity index (χ4n) is 9.94. The van der Waals surface area contributed by atoms with Gasteiger partial charge < -0.3 is 29.7 Å². The highest BCUT2D eigenvalue weighted by molar-refractivity contribution is 6.33. The van der Waals surface area contributed by atoms with Gasteiger partial charge in [0.1, 0.15) is 10.8 Å². The van der Waals surface area contributed by atoms with Crippen LogP contribution in [-0.4, -0.2) is 92.3 Å². The van der Waals surface area contributed by atoms with E-state index in [-0.39, 0.29) is 51.2 Å². The van der Waals surface area contributed by atoms with Crippen LogP contribution in [0.15, 0.2) is 41.3 Å². The Morgan fingerprint density at radius 1 is 0.952 bits per heavy atom. The first-order valence-corrected chi connectivity index (χ1v) is 21.9. The molecule has 0 radical (unpaired) electrons. The monoisotopic (exact) mass is 872 g/mol. The molecular formula is C44H48ClF3N10O4. The summed E-state index contributed by atoms with van der Waals surface area (Å²) in [7, 11) is 3.36. The number of anilines is 4. The predicted molar refractivity (Wildman–Crippen MR) is 229 cm³/mol. The Morgan fingerprint density at radius 2 is 1.73 bits per heavy atom. The molecule has 4 aliphatic heterocycles. The van der Waals surface area contributed by atoms with E-state index in [0.29, 0.717) is 48.9 Å². The summed E-state index contributed by atoms with van der Waals surface area (Å²) >= 11 is 6.56. The van der Waals surface area contributed by atoms with Crippen LogP contribution < -0.4 is 31.1 Å². The van der Waals surface area contributed by atoms with E-state index >= 15 is 13.2 Å². The number of fused-ring (bicyclic) bond motifs is 4. The Balaban J connectivity index is 0.774. The molecule has 18 heteroatoms. The van der Waals surface area contributed by atoms with Crippen molar-refractivity contribution in [3.05, 3.63) is 69.0 Å². The van der Waals surface area contributed by atoms with Gasteiger partial charge in [-0.15, -0.1) is 0 Å². The normalized spacial score (nSPS) is 22.6. The molecule has 1 aliphatic carbocycles. The lowest BCUT2D eigenvalue weighted by Gasteiger charge is -2.38. The number of halogens is 4. The van der Waals surface area contributed by atoms with Crippen LogP contribution in [0.5, 0.6) is 5.75 Å². The topological polar surface area (TPSA) is 152 Å². The van der Waals surface area contributed by atoms with E-state index in [9.17, 15) is 14.4 Å². The number of hydrogen-bond donors (Lipinski definition) is 3. The number of alkyl halides is 2. The minimum absolute atomic E-state index is 0.00426. The molecule has 3 N–H and O–H groups in total. The summed E-state index contributed by atoms with van der Waals surface area (Å²) in [6.07, 6.45) is 7.58. The Labute approximate surface area is 360 Å². The molecule has 5 aromatic rings. The van der Waals surface area contributed by atoms with E-state index in [1.165, 1.54) is 35.5 Å². The fraction of sp³-hybridized carbons (Fsp3) is 0.500. The number of nitrogens with one attached hydrogen (secondary N) is 3. The largest absolute Gasteiger partial charge is 0.480 e. The Bertz CT molecular complexity index is 2670. The molecule has 10 rings (SSSR count). The number of benzene rings is 2. The maximum atomic E-state index is 15.8. The van der Waals surface area contributed by atoms with Crippen LogP contribution in [0.3, 0.4) is 0 Å². The molecular weight excluding hydrogens is 825 g/mol. The first-order chi connectivity index (χ1) is 29.8. The number of likely N-dealkylation sites (tertiary alicyclic amines) is 1. The Morgan fingerprint density at radius 3 is 2.47 bits per heavy atom. The summed E-state index contributed by atoms with van der Waals surface area (Å²) in [5.41, 5.74) is 2.73. The van der Waals surface area contributed by atoms with Crippen molar-refractivity contribution in [2.75, 3.05) is 54.9 Å². The zero-order chi connectivity index (χ0) is 43.0. The van der Waals surface area contributed by atoms with Crippen LogP contribution in [0.2, 0.25) is 5.02 Å². The minimum atomic E-state index is -3.20. The van der Waals surface area contributed by atoms with Gasteiger partial charge in [-0.2, -0.15) is 10.1 Å². The molecule has 1 saturated carbocycles. The van der Waals surface area contributed by atoms with Crippen molar-refractivity contribution >= 4 is 68.4 Å². The third-order valence-electron chi connectivity index (χ3n) is 13.6. The molecule has 1 unspecified atom stereocenters. The first kappa shape index (κ1) is 40.6. The molecule has 7 heterocycles. The smallest absolute Gasteiger partial charge is 0.301 e. The number of amides is 2. The van der Waals surface area contributed by atoms with Crippen LogP contribution in [0, 0.1) is 17.7 Å². The molecule has 0 spiro atoms. The van der Waals surface area contributed by atoms with E-state index in [0.717, 1.165) is 75.0 Å². The SMILES string of the molecule is Cn1nc(C2CCC(=O)NC2=O)c2ccc(C3CCN(CC4CCN(c5ncc(Cl)c(Nc6cc7c8c(c(=O)n(C)c7cc6F)OCC(F)(F)[C@H](C6CC6)N8)n5)CC4)CC3)cc21. The average molecular weight is 873 g/mol. The highest BCUT2D eigenvalue weighted by atomic mass is 35.5. The van der Waals surface area contributed by atoms with E-state index in [4.69, 9.17) is 26.4 Å². The van der Waals surface area contributed by atoms with Crippen molar-refractivity contribution < 1.29 is 27.5 Å². The second-order valence-electron chi connectivity index (χ2n) is 17.7. The Hall–Kier alpha value is -5.42. The molecule has 14 nitrogen and oxygen atoms in total. The summed E-state index contributed by atoms with van der Waals surface area (Å²) in [5.74, 6) is -3.69. The van der Waals surface area contributed by atoms with Gasteiger partial charge in [-0.3, -0.25) is 24.4 Å². The lowest BCUT2D eigenvalue weighted by molar-refractivity contribution is -0.134. The molecule has 3 saturated heterocycles. The maximum Gasteiger partial charge on any atom is 0.301 e. The van der Waals surface area contributed by atoms with Gasteiger partial charge in [0, 0.05) is 57.0 Å². The molecule has 62 heavy (non-hydrogen) atoms. The molecule has 0 bridgehead atoms. The lowest BCUT2D eigenvalue weighted by Crippen LogP contribution is -2.44. The number of rotatable bonds is 8. The van der Waals surface area contributed by atoms with Crippen LogP contribution in [0.25, 0.3) is 21.8 Å². The van der Waals surface area contributed by atoms with Crippen molar-refractivity contribution in [3.63, 3.8) is 0 Å². The fourth-order valence-corrected chi connectivity index (χ4v) is 10.1. The standard InChI is InChI=1S/C44H48ClF3N10O4/c1-55-33-19-31(46)32(18-29(33)37-38(42(55)61)62-22-44(47,48)39(52-37)25-3-4-25)50-40-30(45)20-49-43(53-40)58-15-9-23(10-16-58)21-57-13-11-24(12-14-57)26-5-6-27-34(17-26)56(2)54-36(27)28-7-8-35(59)51-41(28)60/h5-6,17-20,23-25,28,39,52H,3-4,7-16,21-22H2,1-2H3,(H,49,50,53)(H,51,59,60)/t28?,39-/m0/s1. The summed E-state index contributed by atoms with van der Waals surface area (Å²) < 4.78 is 54.6. The zero-order valence-electron chi connectivity index (χ0n) is 34.5. The number of imide groups is 1. The van der Waals surface area contributed by atoms with E-state index < -0.39 is 35.9 Å². The second-order valence-corrected chi connectivity index (χ2v) is 18.1. The lowest BCUT2D eigenvalue weighted by atomic mass is 9.87. The van der Waals surface area contributed by atoms with Crippen molar-refractivity contribution in [1.82, 2.24) is 34.5 Å². The minimum Gasteiger partial charge on any atom is -0.480 e. The molecule has 3 aromatic heterocycles. The van der Waals surface area contributed by atoms with Crippen molar-refractivity contribution in [3.8, 4) is 5.75 Å². The molecule has 2 atom stereocenters. The van der Waals surface area contributed by atoms with Gasteiger partial charge in [0.15, 0.2) is 12.4 Å². The highest BCUT2D eigenvalue weighted by Crippen LogP contribution is 2.46. The van der Waals surface area contributed by atoms with Gasteiger partial charge in [0.25, 0.3) is 5.56 Å². The molecule has 326 valence electrons. The first-order valence-electron chi connectivity index (χ1n) is 21.5. The molecule has 4 fully saturated rings. The number of carbonyl (C=O) groups excluding carboxylic acids is 2. The molecule has 2 amide bonds. The van der Waals surface area contributed by atoms with Gasteiger partial charge in [-0.05, 0) is 93.5 Å². The number of pyridine rings is 1. The zero-order valence-corrected chi connectivity index (χ0v) is 35.3. The number of aryl methyl sites for hydroxylation is 2. The number of aromatic nitrogens is 5. The van der Waals surface area contributed by atoms with Crippen molar-refractivity contribution in [2.24, 2.45) is 25.9 Å². The van der Waals surface area contributed by atoms with Gasteiger partial charge in [0.05, 0.1) is 46.3 Å². The van der Waals surface area contributed by atoms with E-state index in [1.807, 2.05) is 11.7 Å². The van der Waals surface area contributed by atoms with Crippen LogP contribution in [0.1, 0.15) is 74.5 Å². The number of nitrogens with zero attached hydrogens (tertiary/aromatic N) is 7. The van der Waals surface area contributed by atoms with Crippen molar-refractivity contribution in [2.45, 2.75) is 75.2 Å².